The van der Waals surface area contributed by atoms with Gasteiger partial charge in [-0.25, -0.2) is 13.1 Å². The molecule has 1 atom stereocenters. The summed E-state index contributed by atoms with van der Waals surface area (Å²) in [6.07, 6.45) is 1.44. The molecule has 0 saturated heterocycles. The Labute approximate surface area is 125 Å². The lowest BCUT2D eigenvalue weighted by atomic mass is 9.87. The van der Waals surface area contributed by atoms with Crippen LogP contribution in [0.2, 0.25) is 0 Å². The minimum atomic E-state index is -3.78. The second-order valence-electron chi connectivity index (χ2n) is 6.40. The van der Waals surface area contributed by atoms with Crippen molar-refractivity contribution in [3.8, 4) is 0 Å². The predicted octanol–water partition coefficient (Wildman–Crippen LogP) is 1.29. The van der Waals surface area contributed by atoms with Gasteiger partial charge in [-0.3, -0.25) is 9.48 Å². The molecule has 0 aromatic carbocycles. The first-order valence-electron chi connectivity index (χ1n) is 6.65. The molecule has 0 radical (unpaired) electrons. The maximum Gasteiger partial charge on any atom is 0.304 e. The Morgan fingerprint density at radius 2 is 2.05 bits per heavy atom. The van der Waals surface area contributed by atoms with Crippen molar-refractivity contribution in [3.63, 3.8) is 0 Å². The van der Waals surface area contributed by atoms with Crippen molar-refractivity contribution in [1.82, 2.24) is 14.5 Å². The molecule has 7 nitrogen and oxygen atoms in total. The van der Waals surface area contributed by atoms with Gasteiger partial charge in [0.25, 0.3) is 0 Å². The average molecular weight is 317 g/mol. The lowest BCUT2D eigenvalue weighted by Gasteiger charge is -2.25. The maximum atomic E-state index is 12.4. The Kier molecular flexibility index (Phi) is 5.16. The molecule has 0 aliphatic heterocycles. The van der Waals surface area contributed by atoms with Gasteiger partial charge in [0.15, 0.2) is 0 Å². The number of aromatic nitrogens is 2. The van der Waals surface area contributed by atoms with Crippen LogP contribution in [-0.4, -0.2) is 35.3 Å². The molecule has 120 valence electrons. The zero-order valence-corrected chi connectivity index (χ0v) is 13.9. The van der Waals surface area contributed by atoms with Gasteiger partial charge in [0, 0.05) is 13.1 Å². The molecule has 21 heavy (non-hydrogen) atoms. The van der Waals surface area contributed by atoms with Gasteiger partial charge in [-0.2, -0.15) is 5.10 Å². The van der Waals surface area contributed by atoms with E-state index in [-0.39, 0.29) is 16.7 Å². The van der Waals surface area contributed by atoms with Crippen molar-refractivity contribution in [3.05, 3.63) is 11.9 Å². The van der Waals surface area contributed by atoms with Crippen molar-refractivity contribution in [2.45, 2.75) is 51.5 Å². The molecule has 0 amide bonds. The van der Waals surface area contributed by atoms with Crippen LogP contribution in [0.4, 0.5) is 0 Å². The molecular formula is C13H23N3O4S. The zero-order chi connectivity index (χ0) is 16.4. The highest BCUT2D eigenvalue weighted by atomic mass is 32.2. The molecule has 0 aliphatic carbocycles. The van der Waals surface area contributed by atoms with Gasteiger partial charge in [-0.15, -0.1) is 0 Å². The van der Waals surface area contributed by atoms with Crippen LogP contribution in [0.25, 0.3) is 0 Å². The fourth-order valence-corrected chi connectivity index (χ4v) is 3.57. The Hall–Kier alpha value is -1.41. The van der Waals surface area contributed by atoms with E-state index < -0.39 is 22.0 Å². The van der Waals surface area contributed by atoms with E-state index in [1.165, 1.54) is 10.9 Å². The molecule has 1 aromatic heterocycles. The predicted molar refractivity (Wildman–Crippen MR) is 78.4 cm³/mol. The Balaban J connectivity index is 3.01. The van der Waals surface area contributed by atoms with E-state index in [9.17, 15) is 13.2 Å². The van der Waals surface area contributed by atoms with Gasteiger partial charge in [0.05, 0.1) is 18.3 Å². The lowest BCUT2D eigenvalue weighted by molar-refractivity contribution is -0.137. The van der Waals surface area contributed by atoms with Gasteiger partial charge in [0.2, 0.25) is 10.0 Å². The van der Waals surface area contributed by atoms with E-state index in [4.69, 9.17) is 5.11 Å². The van der Waals surface area contributed by atoms with E-state index in [0.29, 0.717) is 12.1 Å². The summed E-state index contributed by atoms with van der Waals surface area (Å²) >= 11 is 0. The van der Waals surface area contributed by atoms with E-state index in [1.807, 2.05) is 20.8 Å². The van der Waals surface area contributed by atoms with Crippen molar-refractivity contribution in [1.29, 1.82) is 0 Å². The average Bonchev–Trinajstić information content (AvgIpc) is 2.55. The normalized spacial score (nSPS) is 14.1. The first-order chi connectivity index (χ1) is 9.42. The second-order valence-corrected chi connectivity index (χ2v) is 8.08. The molecule has 1 unspecified atom stereocenters. The third kappa shape index (κ3) is 5.13. The van der Waals surface area contributed by atoms with E-state index in [1.54, 1.807) is 14.0 Å². The molecule has 8 heteroatoms. The molecule has 0 fully saturated rings. The molecule has 1 rings (SSSR count). The number of aliphatic carboxylic acids is 1. The third-order valence-electron chi connectivity index (χ3n) is 3.08. The molecule has 0 spiro atoms. The number of nitrogens with zero attached hydrogens (tertiary/aromatic N) is 2. The standard InChI is InChI=1S/C13H23N3O4S/c1-9-11(8-14-16(9)5)21(19,20)15-10(6-12(17)18)7-13(2,3)4/h8,10,15H,6-7H2,1-5H3,(H,17,18). The molecule has 1 aromatic rings. The van der Waals surface area contributed by atoms with Crippen molar-refractivity contribution >= 4 is 16.0 Å². The monoisotopic (exact) mass is 317 g/mol. The molecular weight excluding hydrogens is 294 g/mol. The summed E-state index contributed by atoms with van der Waals surface area (Å²) in [4.78, 5) is 11.0. The smallest absolute Gasteiger partial charge is 0.304 e. The summed E-state index contributed by atoms with van der Waals surface area (Å²) in [5.41, 5.74) is 0.319. The van der Waals surface area contributed by atoms with Gasteiger partial charge in [0.1, 0.15) is 4.90 Å². The number of hydrogen-bond acceptors (Lipinski definition) is 4. The Bertz CT molecular complexity index is 614. The number of hydrogen-bond donors (Lipinski definition) is 2. The first-order valence-corrected chi connectivity index (χ1v) is 8.13. The van der Waals surface area contributed by atoms with E-state index in [0.717, 1.165) is 0 Å². The number of sulfonamides is 1. The highest BCUT2D eigenvalue weighted by Gasteiger charge is 2.28. The molecule has 2 N–H and O–H groups in total. The lowest BCUT2D eigenvalue weighted by Crippen LogP contribution is -2.39. The Morgan fingerprint density at radius 3 is 2.43 bits per heavy atom. The van der Waals surface area contributed by atoms with Crippen LogP contribution >= 0.6 is 0 Å². The number of carboxylic acid groups (broad SMARTS) is 1. The van der Waals surface area contributed by atoms with Gasteiger partial charge in [-0.1, -0.05) is 20.8 Å². The molecule has 0 bridgehead atoms. The summed E-state index contributed by atoms with van der Waals surface area (Å²) in [5.74, 6) is -1.03. The first kappa shape index (κ1) is 17.6. The number of carbonyl (C=O) groups is 1. The Morgan fingerprint density at radius 1 is 1.48 bits per heavy atom. The fourth-order valence-electron chi connectivity index (χ4n) is 2.13. The van der Waals surface area contributed by atoms with Gasteiger partial charge < -0.3 is 5.11 Å². The van der Waals surface area contributed by atoms with Crippen LogP contribution in [0.3, 0.4) is 0 Å². The van der Waals surface area contributed by atoms with Crippen LogP contribution in [0, 0.1) is 12.3 Å². The van der Waals surface area contributed by atoms with Crippen LogP contribution in [0.15, 0.2) is 11.1 Å². The zero-order valence-electron chi connectivity index (χ0n) is 13.0. The minimum absolute atomic E-state index is 0.0781. The molecule has 0 saturated carbocycles. The highest BCUT2D eigenvalue weighted by molar-refractivity contribution is 7.89. The molecule has 0 aliphatic rings. The second kappa shape index (κ2) is 6.15. The van der Waals surface area contributed by atoms with E-state index >= 15 is 0 Å². The summed E-state index contributed by atoms with van der Waals surface area (Å²) < 4.78 is 28.7. The van der Waals surface area contributed by atoms with Crippen LogP contribution in [0.1, 0.15) is 39.3 Å². The summed E-state index contributed by atoms with van der Waals surface area (Å²) in [5, 5.41) is 12.9. The summed E-state index contributed by atoms with van der Waals surface area (Å²) in [7, 11) is -2.13. The number of nitrogens with one attached hydrogen (secondary N) is 1. The number of carboxylic acids is 1. The van der Waals surface area contributed by atoms with Gasteiger partial charge >= 0.3 is 5.97 Å². The van der Waals surface area contributed by atoms with Gasteiger partial charge in [-0.05, 0) is 18.8 Å². The summed E-state index contributed by atoms with van der Waals surface area (Å²) in [6.45, 7) is 7.46. The minimum Gasteiger partial charge on any atom is -0.481 e. The number of rotatable bonds is 6. The van der Waals surface area contributed by atoms with Crippen molar-refractivity contribution in [2.24, 2.45) is 12.5 Å². The quantitative estimate of drug-likeness (QED) is 0.823. The van der Waals surface area contributed by atoms with Crippen LogP contribution in [-0.2, 0) is 21.9 Å². The molecule has 1 heterocycles. The van der Waals surface area contributed by atoms with Crippen molar-refractivity contribution < 1.29 is 18.3 Å². The number of aryl methyl sites for hydroxylation is 1. The maximum absolute atomic E-state index is 12.4. The summed E-state index contributed by atoms with van der Waals surface area (Å²) in [6, 6.07) is -0.660. The largest absolute Gasteiger partial charge is 0.481 e. The topological polar surface area (TPSA) is 101 Å². The fraction of sp³-hybridized carbons (Fsp3) is 0.692. The van der Waals surface area contributed by atoms with Crippen molar-refractivity contribution in [2.75, 3.05) is 0 Å². The SMILES string of the molecule is Cc1c(S(=O)(=O)NC(CC(=O)O)CC(C)(C)C)cnn1C. The van der Waals surface area contributed by atoms with Crippen LogP contribution < -0.4 is 4.72 Å². The van der Waals surface area contributed by atoms with E-state index in [2.05, 4.69) is 9.82 Å². The third-order valence-corrected chi connectivity index (χ3v) is 4.70. The highest BCUT2D eigenvalue weighted by Crippen LogP contribution is 2.24. The van der Waals surface area contributed by atoms with Crippen LogP contribution in [0.5, 0.6) is 0 Å².